The van der Waals surface area contributed by atoms with Crippen LogP contribution in [0.25, 0.3) is 71.7 Å². The maximum absolute atomic E-state index is 6.39. The molecule has 1 fully saturated rings. The van der Waals surface area contributed by atoms with Crippen LogP contribution in [0.1, 0.15) is 29.5 Å². The van der Waals surface area contributed by atoms with E-state index in [2.05, 4.69) is 146 Å². The molecule has 3 aliphatic rings. The van der Waals surface area contributed by atoms with Crippen molar-refractivity contribution in [1.29, 1.82) is 0 Å². The highest BCUT2D eigenvalue weighted by Crippen LogP contribution is 2.54. The van der Waals surface area contributed by atoms with Gasteiger partial charge in [0.05, 0.1) is 0 Å². The van der Waals surface area contributed by atoms with Gasteiger partial charge in [-0.05, 0) is 106 Å². The SMILES string of the molecule is C1=CCC=CC(c2cccc(-c3ccc4oc5cc6oc7ccc(C8=CC(c9ccccc9)=CC9CC89)cc7c6cc5c4c3)c2)=C1. The quantitative estimate of drug-likeness (QED) is 0.204. The number of hydrogen-bond donors (Lipinski definition) is 0. The van der Waals surface area contributed by atoms with Crippen LogP contribution in [-0.4, -0.2) is 0 Å². The normalized spacial score (nSPS) is 18.9. The van der Waals surface area contributed by atoms with Crippen molar-refractivity contribution in [2.24, 2.45) is 11.8 Å². The first-order valence-electron chi connectivity index (χ1n) is 16.2. The minimum atomic E-state index is 0.607. The fourth-order valence-corrected chi connectivity index (χ4v) is 7.47. The van der Waals surface area contributed by atoms with E-state index in [1.165, 1.54) is 51.0 Å². The molecule has 0 N–H and O–H groups in total. The first-order valence-corrected chi connectivity index (χ1v) is 16.2. The van der Waals surface area contributed by atoms with Crippen LogP contribution in [0.3, 0.4) is 0 Å². The van der Waals surface area contributed by atoms with E-state index in [0.717, 1.165) is 50.3 Å². The predicted molar refractivity (Wildman–Crippen MR) is 191 cm³/mol. The monoisotopic (exact) mass is 590 g/mol. The maximum atomic E-state index is 6.39. The average molecular weight is 591 g/mol. The lowest BCUT2D eigenvalue weighted by Crippen LogP contribution is -1.96. The van der Waals surface area contributed by atoms with E-state index < -0.39 is 0 Å². The second-order valence-electron chi connectivity index (χ2n) is 12.8. The third kappa shape index (κ3) is 4.18. The summed E-state index contributed by atoms with van der Waals surface area (Å²) in [6.07, 6.45) is 18.0. The molecule has 0 aliphatic heterocycles. The van der Waals surface area contributed by atoms with Gasteiger partial charge in [0.1, 0.15) is 22.3 Å². The summed E-state index contributed by atoms with van der Waals surface area (Å²) in [5, 5.41) is 4.51. The molecule has 5 aromatic carbocycles. The van der Waals surface area contributed by atoms with Crippen molar-refractivity contribution in [3.63, 3.8) is 0 Å². The molecule has 0 radical (unpaired) electrons. The smallest absolute Gasteiger partial charge is 0.139 e. The standard InChI is InChI=1S/C44H30O2/c1-2-5-10-27(9-4-1)29-13-8-14-30(19-29)31-15-17-41-37(21-31)39-25-40-38-22-32(16-18-42(38)46-44(40)26-43(39)45-41)35-23-33(20-34-24-36(34)35)28-11-6-3-7-12-28/h1,3-23,25-26,34,36H,2,24H2. The Labute approximate surface area is 267 Å². The number of allylic oxidation sites excluding steroid dienone is 10. The van der Waals surface area contributed by atoms with Crippen molar-refractivity contribution < 1.29 is 8.83 Å². The second-order valence-corrected chi connectivity index (χ2v) is 12.8. The van der Waals surface area contributed by atoms with Gasteiger partial charge in [-0.3, -0.25) is 0 Å². The largest absolute Gasteiger partial charge is 0.456 e. The summed E-state index contributed by atoms with van der Waals surface area (Å²) < 4.78 is 12.8. The van der Waals surface area contributed by atoms with Crippen LogP contribution >= 0.6 is 0 Å². The summed E-state index contributed by atoms with van der Waals surface area (Å²) in [6, 6.07) is 37.1. The molecule has 10 rings (SSSR count). The molecule has 2 atom stereocenters. The number of hydrogen-bond acceptors (Lipinski definition) is 2. The summed E-state index contributed by atoms with van der Waals surface area (Å²) in [5.41, 5.74) is 13.7. The molecule has 7 aromatic rings. The first kappa shape index (κ1) is 25.7. The van der Waals surface area contributed by atoms with Crippen molar-refractivity contribution in [2.75, 3.05) is 0 Å². The van der Waals surface area contributed by atoms with Gasteiger partial charge in [0, 0.05) is 27.6 Å². The van der Waals surface area contributed by atoms with Gasteiger partial charge >= 0.3 is 0 Å². The van der Waals surface area contributed by atoms with Crippen molar-refractivity contribution in [3.05, 3.63) is 162 Å². The zero-order valence-corrected chi connectivity index (χ0v) is 25.2. The molecule has 0 saturated heterocycles. The molecule has 2 nitrogen and oxygen atoms in total. The predicted octanol–water partition coefficient (Wildman–Crippen LogP) is 12.2. The lowest BCUT2D eigenvalue weighted by Gasteiger charge is -2.14. The van der Waals surface area contributed by atoms with E-state index in [4.69, 9.17) is 8.83 Å². The lowest BCUT2D eigenvalue weighted by atomic mass is 9.90. The average Bonchev–Trinajstić information content (AvgIpc) is 3.79. The molecule has 1 saturated carbocycles. The van der Waals surface area contributed by atoms with Crippen molar-refractivity contribution >= 4 is 60.6 Å². The van der Waals surface area contributed by atoms with Crippen LogP contribution in [0, 0.1) is 11.8 Å². The molecule has 0 spiro atoms. The maximum Gasteiger partial charge on any atom is 0.139 e. The summed E-state index contributed by atoms with van der Waals surface area (Å²) in [6.45, 7) is 0. The molecular weight excluding hydrogens is 560 g/mol. The fourth-order valence-electron chi connectivity index (χ4n) is 7.47. The minimum Gasteiger partial charge on any atom is -0.456 e. The van der Waals surface area contributed by atoms with E-state index in [-0.39, 0.29) is 0 Å². The van der Waals surface area contributed by atoms with Gasteiger partial charge in [-0.2, -0.15) is 0 Å². The van der Waals surface area contributed by atoms with Gasteiger partial charge in [-0.25, -0.2) is 0 Å². The van der Waals surface area contributed by atoms with Gasteiger partial charge < -0.3 is 8.83 Å². The first-order chi connectivity index (χ1) is 22.7. The summed E-state index contributed by atoms with van der Waals surface area (Å²) in [4.78, 5) is 0. The Morgan fingerprint density at radius 2 is 1.22 bits per heavy atom. The molecule has 0 bridgehead atoms. The van der Waals surface area contributed by atoms with E-state index in [0.29, 0.717) is 11.8 Å². The van der Waals surface area contributed by atoms with E-state index >= 15 is 0 Å². The van der Waals surface area contributed by atoms with Gasteiger partial charge in [0.2, 0.25) is 0 Å². The van der Waals surface area contributed by atoms with E-state index in [1.807, 2.05) is 0 Å². The number of rotatable bonds is 4. The molecule has 46 heavy (non-hydrogen) atoms. The van der Waals surface area contributed by atoms with Crippen LogP contribution in [0.2, 0.25) is 0 Å². The highest BCUT2D eigenvalue weighted by molar-refractivity contribution is 6.16. The summed E-state index contributed by atoms with van der Waals surface area (Å²) >= 11 is 0. The Kier molecular flexibility index (Phi) is 5.56. The fraction of sp³-hybridized carbons (Fsp3) is 0.0909. The van der Waals surface area contributed by atoms with Crippen LogP contribution in [-0.2, 0) is 0 Å². The molecule has 2 aromatic heterocycles. The van der Waals surface area contributed by atoms with E-state index in [1.54, 1.807) is 0 Å². The minimum absolute atomic E-state index is 0.607. The van der Waals surface area contributed by atoms with Gasteiger partial charge in [0.25, 0.3) is 0 Å². The third-order valence-electron chi connectivity index (χ3n) is 9.96. The zero-order chi connectivity index (χ0) is 30.2. The summed E-state index contributed by atoms with van der Waals surface area (Å²) in [7, 11) is 0. The molecule has 2 heteroatoms. The van der Waals surface area contributed by atoms with Crippen LogP contribution in [0.4, 0.5) is 0 Å². The van der Waals surface area contributed by atoms with E-state index in [9.17, 15) is 0 Å². The van der Waals surface area contributed by atoms with Crippen LogP contribution in [0.5, 0.6) is 0 Å². The van der Waals surface area contributed by atoms with Crippen molar-refractivity contribution in [3.8, 4) is 11.1 Å². The third-order valence-corrected chi connectivity index (χ3v) is 9.96. The van der Waals surface area contributed by atoms with Crippen molar-refractivity contribution in [1.82, 2.24) is 0 Å². The van der Waals surface area contributed by atoms with Crippen LogP contribution < -0.4 is 0 Å². The lowest BCUT2D eigenvalue weighted by molar-refractivity contribution is 0.656. The molecule has 3 aliphatic carbocycles. The Hall–Kier alpha value is -5.60. The molecule has 2 unspecified atom stereocenters. The zero-order valence-electron chi connectivity index (χ0n) is 25.2. The van der Waals surface area contributed by atoms with Crippen LogP contribution in [0.15, 0.2) is 154 Å². The molecule has 0 amide bonds. The highest BCUT2D eigenvalue weighted by Gasteiger charge is 2.41. The van der Waals surface area contributed by atoms with Gasteiger partial charge in [0.15, 0.2) is 0 Å². The second kappa shape index (κ2) is 9.95. The van der Waals surface area contributed by atoms with Gasteiger partial charge in [-0.1, -0.05) is 103 Å². The molecular formula is C44H30O2. The summed E-state index contributed by atoms with van der Waals surface area (Å²) in [5.74, 6) is 1.24. The number of fused-ring (bicyclic) bond motifs is 7. The number of benzene rings is 5. The van der Waals surface area contributed by atoms with Gasteiger partial charge in [-0.15, -0.1) is 0 Å². The molecule has 218 valence electrons. The Balaban J connectivity index is 1.08. The Bertz CT molecular complexity index is 2530. The highest BCUT2D eigenvalue weighted by atomic mass is 16.3. The Morgan fingerprint density at radius 3 is 2.04 bits per heavy atom. The Morgan fingerprint density at radius 1 is 0.522 bits per heavy atom. The number of furan rings is 2. The van der Waals surface area contributed by atoms with Crippen molar-refractivity contribution in [2.45, 2.75) is 12.8 Å². The molecule has 2 heterocycles. The topological polar surface area (TPSA) is 26.3 Å².